The summed E-state index contributed by atoms with van der Waals surface area (Å²) in [6.45, 7) is 2.33. The molecule has 1 unspecified atom stereocenters. The Morgan fingerprint density at radius 3 is 2.58 bits per heavy atom. The van der Waals surface area contributed by atoms with Crippen LogP contribution in [0.2, 0.25) is 10.0 Å². The first-order chi connectivity index (χ1) is 11.4. The molecule has 0 aliphatic carbocycles. The van der Waals surface area contributed by atoms with E-state index in [-0.39, 0.29) is 11.8 Å². The third-order valence-corrected chi connectivity index (χ3v) is 4.23. The van der Waals surface area contributed by atoms with E-state index < -0.39 is 5.82 Å². The molecule has 3 N–H and O–H groups in total. The first kappa shape index (κ1) is 18.4. The van der Waals surface area contributed by atoms with Crippen LogP contribution in [0.15, 0.2) is 41.4 Å². The first-order valence-corrected chi connectivity index (χ1v) is 8.06. The Hall–Kier alpha value is -1.98. The Labute approximate surface area is 150 Å². The van der Waals surface area contributed by atoms with Gasteiger partial charge in [-0.2, -0.15) is 0 Å². The molecular formula is C17H18Cl2FN3O. The highest BCUT2D eigenvalue weighted by Crippen LogP contribution is 2.25. The second-order valence-corrected chi connectivity index (χ2v) is 6.07. The SMILES string of the molecule is CN=C(NCc1ccc(O)c(F)c1)NC(C)c1ccc(Cl)c(Cl)c1. The van der Waals surface area contributed by atoms with Crippen molar-refractivity contribution < 1.29 is 9.50 Å². The summed E-state index contributed by atoms with van der Waals surface area (Å²) in [5, 5.41) is 16.5. The lowest BCUT2D eigenvalue weighted by atomic mass is 10.1. The van der Waals surface area contributed by atoms with Crippen LogP contribution in [0.3, 0.4) is 0 Å². The summed E-state index contributed by atoms with van der Waals surface area (Å²) in [4.78, 5) is 4.14. The molecule has 0 saturated carbocycles. The van der Waals surface area contributed by atoms with Gasteiger partial charge in [0.25, 0.3) is 0 Å². The second kappa shape index (κ2) is 8.22. The van der Waals surface area contributed by atoms with Crippen molar-refractivity contribution in [2.45, 2.75) is 19.5 Å². The summed E-state index contributed by atoms with van der Waals surface area (Å²) in [5.41, 5.74) is 1.65. The van der Waals surface area contributed by atoms with E-state index in [1.54, 1.807) is 25.2 Å². The zero-order valence-corrected chi connectivity index (χ0v) is 14.8. The largest absolute Gasteiger partial charge is 0.505 e. The van der Waals surface area contributed by atoms with Crippen molar-refractivity contribution in [3.05, 3.63) is 63.4 Å². The molecule has 0 spiro atoms. The summed E-state index contributed by atoms with van der Waals surface area (Å²) >= 11 is 12.0. The molecule has 0 aliphatic heterocycles. The van der Waals surface area contributed by atoms with Crippen LogP contribution in [-0.2, 0) is 6.54 Å². The smallest absolute Gasteiger partial charge is 0.191 e. The quantitative estimate of drug-likeness (QED) is 0.557. The van der Waals surface area contributed by atoms with Gasteiger partial charge in [-0.3, -0.25) is 4.99 Å². The summed E-state index contributed by atoms with van der Waals surface area (Å²) in [6.07, 6.45) is 0. The number of guanidine groups is 1. The van der Waals surface area contributed by atoms with Gasteiger partial charge in [0.15, 0.2) is 17.5 Å². The Morgan fingerprint density at radius 1 is 1.21 bits per heavy atom. The van der Waals surface area contributed by atoms with E-state index in [0.717, 1.165) is 5.56 Å². The lowest BCUT2D eigenvalue weighted by Gasteiger charge is -2.19. The predicted octanol–water partition coefficient (Wildman–Crippen LogP) is 4.26. The normalized spacial score (nSPS) is 12.8. The Morgan fingerprint density at radius 2 is 1.96 bits per heavy atom. The summed E-state index contributed by atoms with van der Waals surface area (Å²) in [5.74, 6) is -0.460. The fourth-order valence-electron chi connectivity index (χ4n) is 2.11. The number of hydrogen-bond acceptors (Lipinski definition) is 2. The Bertz CT molecular complexity index is 753. The molecule has 1 atom stereocenters. The van der Waals surface area contributed by atoms with Crippen molar-refractivity contribution in [3.8, 4) is 5.75 Å². The molecule has 0 fully saturated rings. The summed E-state index contributed by atoms with van der Waals surface area (Å²) in [6, 6.07) is 9.60. The van der Waals surface area contributed by atoms with E-state index in [1.807, 2.05) is 13.0 Å². The van der Waals surface area contributed by atoms with E-state index in [4.69, 9.17) is 23.2 Å². The van der Waals surface area contributed by atoms with E-state index >= 15 is 0 Å². The Kier molecular flexibility index (Phi) is 6.29. The van der Waals surface area contributed by atoms with E-state index in [2.05, 4.69) is 15.6 Å². The molecule has 0 heterocycles. The Balaban J connectivity index is 1.98. The number of phenols is 1. The highest BCUT2D eigenvalue weighted by atomic mass is 35.5. The van der Waals surface area contributed by atoms with Gasteiger partial charge in [0.05, 0.1) is 16.1 Å². The van der Waals surface area contributed by atoms with Crippen LogP contribution >= 0.6 is 23.2 Å². The number of hydrogen-bond donors (Lipinski definition) is 3. The zero-order valence-electron chi connectivity index (χ0n) is 13.3. The zero-order chi connectivity index (χ0) is 17.7. The number of benzene rings is 2. The number of phenolic OH excluding ortho intramolecular Hbond substituents is 1. The molecule has 0 aromatic heterocycles. The third-order valence-electron chi connectivity index (χ3n) is 3.49. The average Bonchev–Trinajstić information content (AvgIpc) is 2.56. The molecule has 2 rings (SSSR count). The van der Waals surface area contributed by atoms with Gasteiger partial charge in [-0.05, 0) is 42.3 Å². The third kappa shape index (κ3) is 4.76. The van der Waals surface area contributed by atoms with E-state index in [0.29, 0.717) is 28.1 Å². The van der Waals surface area contributed by atoms with Gasteiger partial charge in [0, 0.05) is 13.6 Å². The number of rotatable bonds is 4. The molecule has 0 radical (unpaired) electrons. The second-order valence-electron chi connectivity index (χ2n) is 5.25. The number of nitrogens with one attached hydrogen (secondary N) is 2. The summed E-state index contributed by atoms with van der Waals surface area (Å²) in [7, 11) is 1.65. The van der Waals surface area contributed by atoms with Crippen LogP contribution in [0, 0.1) is 5.82 Å². The van der Waals surface area contributed by atoms with Crippen LogP contribution in [0.5, 0.6) is 5.75 Å². The average molecular weight is 370 g/mol. The maximum absolute atomic E-state index is 13.3. The summed E-state index contributed by atoms with van der Waals surface area (Å²) < 4.78 is 13.3. The lowest BCUT2D eigenvalue weighted by molar-refractivity contribution is 0.431. The topological polar surface area (TPSA) is 56.7 Å². The molecule has 0 amide bonds. The van der Waals surface area contributed by atoms with Gasteiger partial charge in [0.2, 0.25) is 0 Å². The van der Waals surface area contributed by atoms with Crippen molar-refractivity contribution in [3.63, 3.8) is 0 Å². The first-order valence-electron chi connectivity index (χ1n) is 7.30. The minimum absolute atomic E-state index is 0.0532. The number of halogens is 3. The minimum Gasteiger partial charge on any atom is -0.505 e. The molecule has 0 saturated heterocycles. The van der Waals surface area contributed by atoms with Gasteiger partial charge in [0.1, 0.15) is 0 Å². The van der Waals surface area contributed by atoms with Crippen LogP contribution in [0.4, 0.5) is 4.39 Å². The molecule has 2 aromatic carbocycles. The maximum atomic E-state index is 13.3. The highest BCUT2D eigenvalue weighted by Gasteiger charge is 2.10. The number of nitrogens with zero attached hydrogens (tertiary/aromatic N) is 1. The fraction of sp³-hybridized carbons (Fsp3) is 0.235. The molecule has 0 aliphatic rings. The van der Waals surface area contributed by atoms with Gasteiger partial charge in [-0.1, -0.05) is 35.3 Å². The maximum Gasteiger partial charge on any atom is 0.191 e. The number of aromatic hydroxyl groups is 1. The molecule has 2 aromatic rings. The van der Waals surface area contributed by atoms with Crippen LogP contribution in [0.25, 0.3) is 0 Å². The highest BCUT2D eigenvalue weighted by molar-refractivity contribution is 6.42. The van der Waals surface area contributed by atoms with Gasteiger partial charge in [-0.15, -0.1) is 0 Å². The number of aliphatic imine (C=N–C) groups is 1. The van der Waals surface area contributed by atoms with Gasteiger partial charge >= 0.3 is 0 Å². The van der Waals surface area contributed by atoms with Crippen molar-refractivity contribution in [2.75, 3.05) is 7.05 Å². The van der Waals surface area contributed by atoms with Crippen LogP contribution in [-0.4, -0.2) is 18.1 Å². The molecule has 24 heavy (non-hydrogen) atoms. The van der Waals surface area contributed by atoms with Crippen molar-refractivity contribution in [1.82, 2.24) is 10.6 Å². The van der Waals surface area contributed by atoms with E-state index in [1.165, 1.54) is 12.1 Å². The van der Waals surface area contributed by atoms with E-state index in [9.17, 15) is 9.50 Å². The molecule has 128 valence electrons. The van der Waals surface area contributed by atoms with Gasteiger partial charge in [-0.25, -0.2) is 4.39 Å². The molecule has 7 heteroatoms. The van der Waals surface area contributed by atoms with Crippen LogP contribution < -0.4 is 10.6 Å². The monoisotopic (exact) mass is 369 g/mol. The van der Waals surface area contributed by atoms with Crippen molar-refractivity contribution in [1.29, 1.82) is 0 Å². The molecule has 4 nitrogen and oxygen atoms in total. The van der Waals surface area contributed by atoms with Crippen molar-refractivity contribution >= 4 is 29.2 Å². The predicted molar refractivity (Wildman–Crippen MR) is 96.3 cm³/mol. The van der Waals surface area contributed by atoms with Crippen LogP contribution in [0.1, 0.15) is 24.1 Å². The standard InChI is InChI=1S/C17H18Cl2FN3O/c1-10(12-4-5-13(18)14(19)8-12)23-17(21-2)22-9-11-3-6-16(24)15(20)7-11/h3-8,10,24H,9H2,1-2H3,(H2,21,22,23). The lowest BCUT2D eigenvalue weighted by Crippen LogP contribution is -2.38. The van der Waals surface area contributed by atoms with Crippen molar-refractivity contribution in [2.24, 2.45) is 4.99 Å². The molecular weight excluding hydrogens is 352 g/mol. The molecule has 0 bridgehead atoms. The fourth-order valence-corrected chi connectivity index (χ4v) is 2.42. The van der Waals surface area contributed by atoms with Gasteiger partial charge < -0.3 is 15.7 Å². The minimum atomic E-state index is -0.651.